The minimum absolute atomic E-state index is 0.0173. The van der Waals surface area contributed by atoms with E-state index in [1.807, 2.05) is 79.7 Å². The SMILES string of the molecule is Cc1ccc(C(=O)CSC2=N/C(=C/c3ccc4c(c3)OCO4)C(=O)N2c2ccccc2)cc1. The number of hydrogen-bond donors (Lipinski definition) is 0. The molecule has 164 valence electrons. The average molecular weight is 457 g/mol. The quantitative estimate of drug-likeness (QED) is 0.395. The molecule has 0 saturated carbocycles. The molecule has 5 rings (SSSR count). The van der Waals surface area contributed by atoms with Crippen LogP contribution in [0.5, 0.6) is 11.5 Å². The first kappa shape index (κ1) is 21.0. The van der Waals surface area contributed by atoms with Gasteiger partial charge in [-0.1, -0.05) is 65.9 Å². The first-order valence-corrected chi connectivity index (χ1v) is 11.4. The summed E-state index contributed by atoms with van der Waals surface area (Å²) in [5.74, 6) is 1.23. The van der Waals surface area contributed by atoms with Crippen molar-refractivity contribution in [3.63, 3.8) is 0 Å². The molecule has 0 saturated heterocycles. The molecule has 0 N–H and O–H groups in total. The third kappa shape index (κ3) is 4.40. The lowest BCUT2D eigenvalue weighted by Crippen LogP contribution is -2.30. The predicted molar refractivity (Wildman–Crippen MR) is 130 cm³/mol. The second-order valence-corrected chi connectivity index (χ2v) is 8.53. The largest absolute Gasteiger partial charge is 0.454 e. The second kappa shape index (κ2) is 8.96. The summed E-state index contributed by atoms with van der Waals surface area (Å²) in [5, 5.41) is 0.471. The highest BCUT2D eigenvalue weighted by Crippen LogP contribution is 2.34. The Hall–Kier alpha value is -3.84. The summed E-state index contributed by atoms with van der Waals surface area (Å²) in [6.45, 7) is 2.16. The summed E-state index contributed by atoms with van der Waals surface area (Å²) in [6, 6.07) is 22.2. The zero-order valence-electron chi connectivity index (χ0n) is 17.9. The van der Waals surface area contributed by atoms with E-state index in [-0.39, 0.29) is 24.2 Å². The van der Waals surface area contributed by atoms with Crippen molar-refractivity contribution in [2.24, 2.45) is 4.99 Å². The fourth-order valence-corrected chi connectivity index (χ4v) is 4.42. The Kier molecular flexibility index (Phi) is 5.71. The molecule has 0 aliphatic carbocycles. The zero-order valence-corrected chi connectivity index (χ0v) is 18.7. The number of carbonyl (C=O) groups is 2. The molecule has 0 unspecified atom stereocenters. The zero-order chi connectivity index (χ0) is 22.8. The summed E-state index contributed by atoms with van der Waals surface area (Å²) in [7, 11) is 0. The Morgan fingerprint density at radius 1 is 1.03 bits per heavy atom. The number of hydrogen-bond acceptors (Lipinski definition) is 6. The maximum Gasteiger partial charge on any atom is 0.283 e. The van der Waals surface area contributed by atoms with Crippen LogP contribution in [0.1, 0.15) is 21.5 Å². The number of amidine groups is 1. The van der Waals surface area contributed by atoms with Gasteiger partial charge in [0, 0.05) is 5.56 Å². The Balaban J connectivity index is 1.42. The molecule has 2 aliphatic heterocycles. The topological polar surface area (TPSA) is 68.2 Å². The van der Waals surface area contributed by atoms with Crippen LogP contribution in [0.2, 0.25) is 0 Å². The van der Waals surface area contributed by atoms with E-state index in [0.717, 1.165) is 11.1 Å². The minimum Gasteiger partial charge on any atom is -0.454 e. The molecule has 2 aliphatic rings. The normalized spacial score (nSPS) is 15.8. The van der Waals surface area contributed by atoms with Crippen molar-refractivity contribution < 1.29 is 19.1 Å². The van der Waals surface area contributed by atoms with Gasteiger partial charge in [0.2, 0.25) is 6.79 Å². The van der Waals surface area contributed by atoms with Crippen molar-refractivity contribution >= 4 is 40.4 Å². The van der Waals surface area contributed by atoms with E-state index in [4.69, 9.17) is 9.47 Å². The molecule has 6 nitrogen and oxygen atoms in total. The van der Waals surface area contributed by atoms with E-state index in [1.54, 1.807) is 11.0 Å². The second-order valence-electron chi connectivity index (χ2n) is 7.59. The van der Waals surface area contributed by atoms with Crippen LogP contribution in [0.3, 0.4) is 0 Å². The van der Waals surface area contributed by atoms with Crippen LogP contribution < -0.4 is 14.4 Å². The number of anilines is 1. The average Bonchev–Trinajstić information content (AvgIpc) is 3.42. The monoisotopic (exact) mass is 456 g/mol. The molecule has 0 fully saturated rings. The molecule has 0 atom stereocenters. The third-order valence-corrected chi connectivity index (χ3v) is 6.19. The number of aliphatic imine (C=N–C) groups is 1. The number of benzene rings is 3. The highest BCUT2D eigenvalue weighted by molar-refractivity contribution is 8.14. The van der Waals surface area contributed by atoms with E-state index in [9.17, 15) is 9.59 Å². The fraction of sp³-hybridized carbons (Fsp3) is 0.115. The number of thioether (sulfide) groups is 1. The van der Waals surface area contributed by atoms with E-state index in [2.05, 4.69) is 4.99 Å². The Morgan fingerprint density at radius 2 is 1.79 bits per heavy atom. The van der Waals surface area contributed by atoms with Crippen molar-refractivity contribution in [2.45, 2.75) is 6.92 Å². The van der Waals surface area contributed by atoms with Gasteiger partial charge in [-0.2, -0.15) is 0 Å². The first-order chi connectivity index (χ1) is 16.1. The molecular formula is C26H20N2O4S. The number of ketones is 1. The molecule has 0 radical (unpaired) electrons. The first-order valence-electron chi connectivity index (χ1n) is 10.4. The summed E-state index contributed by atoms with van der Waals surface area (Å²) in [5.41, 5.74) is 3.51. The number of ether oxygens (including phenoxy) is 2. The van der Waals surface area contributed by atoms with Gasteiger partial charge >= 0.3 is 0 Å². The van der Waals surface area contributed by atoms with Gasteiger partial charge in [-0.15, -0.1) is 0 Å². The maximum absolute atomic E-state index is 13.3. The number of amides is 1. The lowest BCUT2D eigenvalue weighted by Gasteiger charge is -2.17. The highest BCUT2D eigenvalue weighted by Gasteiger charge is 2.32. The van der Waals surface area contributed by atoms with Gasteiger partial charge in [0.05, 0.1) is 11.4 Å². The van der Waals surface area contributed by atoms with Gasteiger partial charge in [-0.05, 0) is 42.8 Å². The van der Waals surface area contributed by atoms with Crippen LogP contribution in [0, 0.1) is 6.92 Å². The van der Waals surface area contributed by atoms with Crippen LogP contribution in [0.15, 0.2) is 83.5 Å². The number of rotatable bonds is 5. The molecule has 2 heterocycles. The van der Waals surface area contributed by atoms with Gasteiger partial charge in [0.15, 0.2) is 22.4 Å². The molecular weight excluding hydrogens is 436 g/mol. The van der Waals surface area contributed by atoms with Crippen molar-refractivity contribution in [2.75, 3.05) is 17.4 Å². The molecule has 3 aromatic carbocycles. The fourth-order valence-electron chi connectivity index (χ4n) is 3.51. The summed E-state index contributed by atoms with van der Waals surface area (Å²) in [6.07, 6.45) is 1.72. The van der Waals surface area contributed by atoms with Gasteiger partial charge in [0.25, 0.3) is 5.91 Å². The number of para-hydroxylation sites is 1. The number of aryl methyl sites for hydroxylation is 1. The van der Waals surface area contributed by atoms with Crippen molar-refractivity contribution in [1.82, 2.24) is 0 Å². The Morgan fingerprint density at radius 3 is 2.58 bits per heavy atom. The van der Waals surface area contributed by atoms with Gasteiger partial charge in [0.1, 0.15) is 5.70 Å². The Labute approximate surface area is 195 Å². The van der Waals surface area contributed by atoms with Crippen molar-refractivity contribution in [1.29, 1.82) is 0 Å². The molecule has 0 bridgehead atoms. The molecule has 0 aromatic heterocycles. The van der Waals surface area contributed by atoms with Crippen molar-refractivity contribution in [3.05, 3.63) is 95.2 Å². The van der Waals surface area contributed by atoms with Crippen LogP contribution in [0.4, 0.5) is 5.69 Å². The number of fused-ring (bicyclic) bond motifs is 1. The molecule has 33 heavy (non-hydrogen) atoms. The minimum atomic E-state index is -0.246. The van der Waals surface area contributed by atoms with Crippen LogP contribution in [-0.2, 0) is 4.79 Å². The molecule has 7 heteroatoms. The molecule has 3 aromatic rings. The third-order valence-electron chi connectivity index (χ3n) is 5.25. The number of nitrogens with zero attached hydrogens (tertiary/aromatic N) is 2. The summed E-state index contributed by atoms with van der Waals surface area (Å²) < 4.78 is 10.8. The standard InChI is InChI=1S/C26H20N2O4S/c1-17-7-10-19(11-8-17)22(29)15-33-26-27-21(25(30)28(26)20-5-3-2-4-6-20)13-18-9-12-23-24(14-18)32-16-31-23/h2-14H,15-16H2,1H3/b21-13+. The molecule has 0 spiro atoms. The smallest absolute Gasteiger partial charge is 0.283 e. The summed E-state index contributed by atoms with van der Waals surface area (Å²) in [4.78, 5) is 32.1. The lowest BCUT2D eigenvalue weighted by molar-refractivity contribution is -0.113. The van der Waals surface area contributed by atoms with Gasteiger partial charge in [-0.3, -0.25) is 14.5 Å². The molecule has 1 amide bonds. The number of carbonyl (C=O) groups excluding carboxylic acids is 2. The van der Waals surface area contributed by atoms with Crippen molar-refractivity contribution in [3.8, 4) is 11.5 Å². The predicted octanol–water partition coefficient (Wildman–Crippen LogP) is 5.08. The van der Waals surface area contributed by atoms with E-state index < -0.39 is 0 Å². The highest BCUT2D eigenvalue weighted by atomic mass is 32.2. The van der Waals surface area contributed by atoms with Crippen LogP contribution in [-0.4, -0.2) is 29.4 Å². The number of Topliss-reactive ketones (excluding diaryl/α,β-unsaturated/α-hetero) is 1. The maximum atomic E-state index is 13.3. The van der Waals surface area contributed by atoms with Gasteiger partial charge < -0.3 is 9.47 Å². The van der Waals surface area contributed by atoms with E-state index in [1.165, 1.54) is 11.8 Å². The summed E-state index contributed by atoms with van der Waals surface area (Å²) >= 11 is 1.25. The lowest BCUT2D eigenvalue weighted by atomic mass is 10.1. The van der Waals surface area contributed by atoms with Crippen LogP contribution in [0.25, 0.3) is 6.08 Å². The Bertz CT molecular complexity index is 1280. The van der Waals surface area contributed by atoms with Gasteiger partial charge in [-0.25, -0.2) is 4.99 Å². The van der Waals surface area contributed by atoms with Crippen LogP contribution >= 0.6 is 11.8 Å². The van der Waals surface area contributed by atoms with E-state index in [0.29, 0.717) is 33.6 Å². The van der Waals surface area contributed by atoms with E-state index >= 15 is 0 Å².